The normalized spacial score (nSPS) is 29.6. The second kappa shape index (κ2) is 3.64. The van der Waals surface area contributed by atoms with E-state index in [0.29, 0.717) is 17.4 Å². The van der Waals surface area contributed by atoms with Crippen LogP contribution >= 0.6 is 22.6 Å². The van der Waals surface area contributed by atoms with Crippen molar-refractivity contribution in [1.29, 1.82) is 0 Å². The summed E-state index contributed by atoms with van der Waals surface area (Å²) >= 11 is 2.24. The SMILES string of the molecule is CC1CC(C)(C)CC1n1ncc(I)c1N. The Labute approximate surface area is 105 Å². The number of aromatic nitrogens is 2. The lowest BCUT2D eigenvalue weighted by Gasteiger charge is -2.18. The van der Waals surface area contributed by atoms with Crippen molar-refractivity contribution in [1.82, 2.24) is 9.78 Å². The smallest absolute Gasteiger partial charge is 0.135 e. The molecular formula is C11H18IN3. The van der Waals surface area contributed by atoms with Crippen LogP contribution in [-0.4, -0.2) is 9.78 Å². The lowest BCUT2D eigenvalue weighted by molar-refractivity contribution is 0.350. The lowest BCUT2D eigenvalue weighted by Crippen LogP contribution is -2.16. The molecule has 1 fully saturated rings. The van der Waals surface area contributed by atoms with Crippen LogP contribution in [0.15, 0.2) is 6.20 Å². The number of halogens is 1. The van der Waals surface area contributed by atoms with Gasteiger partial charge in [0.05, 0.1) is 15.8 Å². The quantitative estimate of drug-likeness (QED) is 0.809. The van der Waals surface area contributed by atoms with Gasteiger partial charge in [0, 0.05) is 0 Å². The Hall–Kier alpha value is -0.260. The van der Waals surface area contributed by atoms with Crippen LogP contribution < -0.4 is 5.73 Å². The predicted octanol–water partition coefficient (Wildman–Crippen LogP) is 3.07. The summed E-state index contributed by atoms with van der Waals surface area (Å²) in [7, 11) is 0. The third-order valence-electron chi connectivity index (χ3n) is 3.39. The Morgan fingerprint density at radius 3 is 2.60 bits per heavy atom. The number of anilines is 1. The Kier molecular flexibility index (Phi) is 2.73. The maximum absolute atomic E-state index is 6.03. The van der Waals surface area contributed by atoms with Gasteiger partial charge in [-0.05, 0) is 46.8 Å². The molecule has 84 valence electrons. The molecule has 1 aromatic rings. The number of nitrogen functional groups attached to an aromatic ring is 1. The molecule has 0 amide bonds. The van der Waals surface area contributed by atoms with Gasteiger partial charge < -0.3 is 5.73 Å². The number of nitrogens with zero attached hydrogens (tertiary/aromatic N) is 2. The van der Waals surface area contributed by atoms with E-state index in [1.54, 1.807) is 0 Å². The number of nitrogens with two attached hydrogens (primary N) is 1. The maximum Gasteiger partial charge on any atom is 0.135 e. The van der Waals surface area contributed by atoms with Gasteiger partial charge in [-0.2, -0.15) is 5.10 Å². The molecule has 0 aromatic carbocycles. The molecule has 2 N–H and O–H groups in total. The van der Waals surface area contributed by atoms with Crippen LogP contribution in [-0.2, 0) is 0 Å². The van der Waals surface area contributed by atoms with Gasteiger partial charge in [-0.25, -0.2) is 4.68 Å². The molecule has 1 aromatic heterocycles. The van der Waals surface area contributed by atoms with Crippen molar-refractivity contribution in [3.63, 3.8) is 0 Å². The number of rotatable bonds is 1. The van der Waals surface area contributed by atoms with Gasteiger partial charge in [-0.15, -0.1) is 0 Å². The fraction of sp³-hybridized carbons (Fsp3) is 0.727. The van der Waals surface area contributed by atoms with E-state index < -0.39 is 0 Å². The zero-order valence-corrected chi connectivity index (χ0v) is 11.7. The van der Waals surface area contributed by atoms with Crippen LogP contribution in [0.3, 0.4) is 0 Å². The first-order valence-electron chi connectivity index (χ1n) is 5.39. The first kappa shape index (κ1) is 11.2. The monoisotopic (exact) mass is 319 g/mol. The Morgan fingerprint density at radius 2 is 2.20 bits per heavy atom. The van der Waals surface area contributed by atoms with E-state index in [2.05, 4.69) is 48.5 Å². The summed E-state index contributed by atoms with van der Waals surface area (Å²) in [5.41, 5.74) is 6.45. The second-order valence-corrected chi connectivity index (χ2v) is 6.60. The highest BCUT2D eigenvalue weighted by atomic mass is 127. The molecule has 0 saturated heterocycles. The van der Waals surface area contributed by atoms with E-state index in [9.17, 15) is 0 Å². The summed E-state index contributed by atoms with van der Waals surface area (Å²) in [4.78, 5) is 0. The zero-order valence-electron chi connectivity index (χ0n) is 9.50. The number of hydrogen-bond donors (Lipinski definition) is 1. The third-order valence-corrected chi connectivity index (χ3v) is 4.23. The third kappa shape index (κ3) is 2.00. The highest BCUT2D eigenvalue weighted by molar-refractivity contribution is 14.1. The summed E-state index contributed by atoms with van der Waals surface area (Å²) < 4.78 is 3.07. The van der Waals surface area contributed by atoms with Gasteiger partial charge in [0.25, 0.3) is 0 Å². The molecule has 4 heteroatoms. The topological polar surface area (TPSA) is 43.8 Å². The van der Waals surface area contributed by atoms with Crippen LogP contribution in [0, 0.1) is 14.9 Å². The molecule has 1 saturated carbocycles. The van der Waals surface area contributed by atoms with Crippen LogP contribution in [0.2, 0.25) is 0 Å². The van der Waals surface area contributed by atoms with E-state index in [4.69, 9.17) is 5.73 Å². The van der Waals surface area contributed by atoms with E-state index >= 15 is 0 Å². The van der Waals surface area contributed by atoms with Crippen LogP contribution in [0.4, 0.5) is 5.82 Å². The van der Waals surface area contributed by atoms with Crippen LogP contribution in [0.1, 0.15) is 39.7 Å². The zero-order chi connectivity index (χ0) is 11.2. The molecule has 1 aliphatic carbocycles. The maximum atomic E-state index is 6.03. The van der Waals surface area contributed by atoms with Crippen molar-refractivity contribution in [2.75, 3.05) is 5.73 Å². The second-order valence-electron chi connectivity index (χ2n) is 5.44. The molecule has 0 bridgehead atoms. The summed E-state index contributed by atoms with van der Waals surface area (Å²) in [6.45, 7) is 6.95. The average Bonchev–Trinajstić information content (AvgIpc) is 2.55. The van der Waals surface area contributed by atoms with E-state index in [1.165, 1.54) is 12.8 Å². The van der Waals surface area contributed by atoms with Crippen molar-refractivity contribution >= 4 is 28.4 Å². The number of hydrogen-bond acceptors (Lipinski definition) is 2. The van der Waals surface area contributed by atoms with Crippen LogP contribution in [0.25, 0.3) is 0 Å². The van der Waals surface area contributed by atoms with Gasteiger partial charge in [0.2, 0.25) is 0 Å². The molecule has 0 radical (unpaired) electrons. The summed E-state index contributed by atoms with van der Waals surface area (Å²) in [5.74, 6) is 1.49. The van der Waals surface area contributed by atoms with Gasteiger partial charge in [-0.3, -0.25) is 0 Å². The molecule has 2 rings (SSSR count). The summed E-state index contributed by atoms with van der Waals surface area (Å²) in [6.07, 6.45) is 4.29. The van der Waals surface area contributed by atoms with Gasteiger partial charge >= 0.3 is 0 Å². The first-order valence-corrected chi connectivity index (χ1v) is 6.47. The van der Waals surface area contributed by atoms with Crippen molar-refractivity contribution in [2.45, 2.75) is 39.7 Å². The molecular weight excluding hydrogens is 301 g/mol. The fourth-order valence-electron chi connectivity index (χ4n) is 2.80. The van der Waals surface area contributed by atoms with E-state index in [-0.39, 0.29) is 0 Å². The fourth-order valence-corrected chi connectivity index (χ4v) is 3.17. The molecule has 2 atom stereocenters. The molecule has 1 heterocycles. The highest BCUT2D eigenvalue weighted by Gasteiger charge is 2.38. The molecule has 0 aliphatic heterocycles. The minimum absolute atomic E-state index is 0.425. The highest BCUT2D eigenvalue weighted by Crippen LogP contribution is 2.47. The van der Waals surface area contributed by atoms with Crippen molar-refractivity contribution in [2.24, 2.45) is 11.3 Å². The van der Waals surface area contributed by atoms with Crippen molar-refractivity contribution in [3.05, 3.63) is 9.77 Å². The van der Waals surface area contributed by atoms with Gasteiger partial charge in [0.1, 0.15) is 5.82 Å². The summed E-state index contributed by atoms with van der Waals surface area (Å²) in [5, 5.41) is 4.40. The van der Waals surface area contributed by atoms with Crippen molar-refractivity contribution in [3.8, 4) is 0 Å². The lowest BCUT2D eigenvalue weighted by atomic mass is 9.91. The van der Waals surface area contributed by atoms with E-state index in [0.717, 1.165) is 9.39 Å². The molecule has 2 unspecified atom stereocenters. The molecule has 1 aliphatic rings. The first-order chi connectivity index (χ1) is 6.91. The Morgan fingerprint density at radius 1 is 1.53 bits per heavy atom. The van der Waals surface area contributed by atoms with Crippen LogP contribution in [0.5, 0.6) is 0 Å². The molecule has 15 heavy (non-hydrogen) atoms. The Balaban J connectivity index is 2.29. The minimum Gasteiger partial charge on any atom is -0.383 e. The van der Waals surface area contributed by atoms with Crippen molar-refractivity contribution < 1.29 is 0 Å². The molecule has 3 nitrogen and oxygen atoms in total. The van der Waals surface area contributed by atoms with E-state index in [1.807, 2.05) is 10.9 Å². The standard InChI is InChI=1S/C11H18IN3/c1-7-4-11(2,3)5-9(7)15-10(13)8(12)6-14-15/h6-7,9H,4-5,13H2,1-3H3. The predicted molar refractivity (Wildman–Crippen MR) is 70.6 cm³/mol. The summed E-state index contributed by atoms with van der Waals surface area (Å²) in [6, 6.07) is 0.475. The molecule has 0 spiro atoms. The minimum atomic E-state index is 0.425. The van der Waals surface area contributed by atoms with Gasteiger partial charge in [-0.1, -0.05) is 20.8 Å². The van der Waals surface area contributed by atoms with Gasteiger partial charge in [0.15, 0.2) is 0 Å². The Bertz CT molecular complexity index is 370. The average molecular weight is 319 g/mol. The largest absolute Gasteiger partial charge is 0.383 e.